The summed E-state index contributed by atoms with van der Waals surface area (Å²) in [6.45, 7) is 3.57. The number of likely N-dealkylation sites (N-methyl/N-ethyl adjacent to an activating group) is 1. The molecule has 0 bridgehead atoms. The fraction of sp³-hybridized carbons (Fsp3) is 0.733. The van der Waals surface area contributed by atoms with E-state index in [9.17, 15) is 19.2 Å². The van der Waals surface area contributed by atoms with Crippen molar-refractivity contribution in [1.29, 1.82) is 0 Å². The zero-order valence-electron chi connectivity index (χ0n) is 15.2. The number of amides is 3. The third-order valence-electron chi connectivity index (χ3n) is 3.28. The third kappa shape index (κ3) is 13.0. The Balaban J connectivity index is 0. The Hall–Kier alpha value is -0.273. The van der Waals surface area contributed by atoms with Gasteiger partial charge in [0.2, 0.25) is 18.2 Å². The molecule has 0 saturated carbocycles. The summed E-state index contributed by atoms with van der Waals surface area (Å²) in [5.74, 6) is 0.0630. The van der Waals surface area contributed by atoms with Crippen molar-refractivity contribution in [3.05, 3.63) is 5.73 Å². The van der Waals surface area contributed by atoms with E-state index >= 15 is 0 Å². The molecule has 26 heavy (non-hydrogen) atoms. The van der Waals surface area contributed by atoms with Crippen LogP contribution in [0.3, 0.4) is 0 Å². The van der Waals surface area contributed by atoms with Gasteiger partial charge in [-0.1, -0.05) is 18.7 Å². The van der Waals surface area contributed by atoms with Gasteiger partial charge >= 0.3 is 0 Å². The molecule has 0 aromatic carbocycles. The number of carbonyl (C=O) groups excluding carboxylic acids is 4. The monoisotopic (exact) mass is 514 g/mol. The first-order valence-corrected chi connectivity index (χ1v) is 9.21. The van der Waals surface area contributed by atoms with E-state index in [1.807, 2.05) is 14.0 Å². The van der Waals surface area contributed by atoms with Crippen molar-refractivity contribution in [2.45, 2.75) is 38.3 Å². The molecular weight excluding hydrogens is 486 g/mol. The maximum Gasteiger partial charge on any atom is 0.243 e. The van der Waals surface area contributed by atoms with E-state index in [1.165, 1.54) is 0 Å². The number of carbonyl (C=O) groups is 4. The summed E-state index contributed by atoms with van der Waals surface area (Å²) in [4.78, 5) is 44.1. The van der Waals surface area contributed by atoms with E-state index in [0.29, 0.717) is 31.5 Å². The molecule has 1 heterocycles. The van der Waals surface area contributed by atoms with E-state index in [4.69, 9.17) is 5.73 Å². The average molecular weight is 515 g/mol. The molecule has 1 saturated heterocycles. The summed E-state index contributed by atoms with van der Waals surface area (Å²) >= 11 is 1.10. The Labute approximate surface area is 192 Å². The molecule has 0 aliphatic carbocycles. The van der Waals surface area contributed by atoms with Crippen molar-refractivity contribution >= 4 is 35.1 Å². The zero-order valence-corrected chi connectivity index (χ0v) is 19.2. The Morgan fingerprint density at radius 2 is 1.85 bits per heavy atom. The molecule has 11 heteroatoms. The molecule has 1 aliphatic rings. The summed E-state index contributed by atoms with van der Waals surface area (Å²) < 4.78 is 0. The summed E-state index contributed by atoms with van der Waals surface area (Å²) in [5.41, 5.74) is 6.93. The van der Waals surface area contributed by atoms with Crippen molar-refractivity contribution in [2.75, 3.05) is 32.4 Å². The van der Waals surface area contributed by atoms with Crippen molar-refractivity contribution in [3.63, 3.8) is 0 Å². The molecule has 0 spiro atoms. The molecule has 2 unspecified atom stereocenters. The molecular formula is C15H28CeN5O4S-. The van der Waals surface area contributed by atoms with E-state index in [-0.39, 0.29) is 71.6 Å². The van der Waals surface area contributed by atoms with Gasteiger partial charge in [0.05, 0.1) is 0 Å². The van der Waals surface area contributed by atoms with Gasteiger partial charge in [0.25, 0.3) is 0 Å². The fourth-order valence-electron chi connectivity index (χ4n) is 1.92. The van der Waals surface area contributed by atoms with E-state index in [0.717, 1.165) is 18.3 Å². The molecule has 2 atom stereocenters. The van der Waals surface area contributed by atoms with Crippen molar-refractivity contribution in [1.82, 2.24) is 21.3 Å². The second-order valence-corrected chi connectivity index (χ2v) is 6.37. The Morgan fingerprint density at radius 1 is 1.23 bits per heavy atom. The normalized spacial score (nSPS) is 18.4. The predicted octanol–water partition coefficient (Wildman–Crippen LogP) is -0.576. The maximum absolute atomic E-state index is 11.7. The van der Waals surface area contributed by atoms with Crippen molar-refractivity contribution in [3.8, 4) is 0 Å². The number of hydrogen-bond donors (Lipinski definition) is 4. The minimum atomic E-state index is -0.610. The van der Waals surface area contributed by atoms with Crippen LogP contribution in [0.4, 0.5) is 0 Å². The molecule has 5 N–H and O–H groups in total. The minimum Gasteiger partial charge on any atom is -0.677 e. The predicted molar refractivity (Wildman–Crippen MR) is 98.0 cm³/mol. The quantitative estimate of drug-likeness (QED) is 0.227. The third-order valence-corrected chi connectivity index (χ3v) is 4.21. The van der Waals surface area contributed by atoms with Crippen LogP contribution in [-0.2, 0) is 19.2 Å². The van der Waals surface area contributed by atoms with Gasteiger partial charge in [-0.3, -0.25) is 19.2 Å². The molecule has 0 aromatic heterocycles. The van der Waals surface area contributed by atoms with Gasteiger partial charge in [-0.15, -0.1) is 6.54 Å². The van der Waals surface area contributed by atoms with Gasteiger partial charge in [-0.2, -0.15) is 0 Å². The Kier molecular flexibility index (Phi) is 19.5. The second-order valence-electron chi connectivity index (χ2n) is 5.22. The maximum atomic E-state index is 11.7. The van der Waals surface area contributed by atoms with E-state index in [1.54, 1.807) is 0 Å². The molecule has 0 radical (unpaired) electrons. The largest absolute Gasteiger partial charge is 0.677 e. The van der Waals surface area contributed by atoms with Gasteiger partial charge in [-0.05, 0) is 25.6 Å². The average Bonchev–Trinajstić information content (AvgIpc) is 2.61. The van der Waals surface area contributed by atoms with Crippen LogP contribution in [0.2, 0.25) is 0 Å². The van der Waals surface area contributed by atoms with E-state index < -0.39 is 12.1 Å². The van der Waals surface area contributed by atoms with Crippen LogP contribution in [0.15, 0.2) is 0 Å². The van der Waals surface area contributed by atoms with Gasteiger partial charge < -0.3 is 27.0 Å². The van der Waals surface area contributed by atoms with Crippen molar-refractivity contribution in [2.24, 2.45) is 0 Å². The first kappa shape index (κ1) is 27.9. The summed E-state index contributed by atoms with van der Waals surface area (Å²) in [6, 6.07) is -1.07. The molecule has 1 aliphatic heterocycles. The van der Waals surface area contributed by atoms with Crippen LogP contribution in [0, 0.1) is 41.7 Å². The van der Waals surface area contributed by atoms with E-state index in [2.05, 4.69) is 21.3 Å². The van der Waals surface area contributed by atoms with Gasteiger partial charge in [0.1, 0.15) is 12.1 Å². The number of piperazine rings is 1. The Morgan fingerprint density at radius 3 is 2.38 bits per heavy atom. The fourth-order valence-corrected chi connectivity index (χ4v) is 2.51. The summed E-state index contributed by atoms with van der Waals surface area (Å²) in [5, 5.41) is 10.6. The summed E-state index contributed by atoms with van der Waals surface area (Å²) in [6.07, 6.45) is 1.80. The van der Waals surface area contributed by atoms with Gasteiger partial charge in [0.15, 0.2) is 5.12 Å². The molecule has 9 nitrogen and oxygen atoms in total. The van der Waals surface area contributed by atoms with Crippen LogP contribution in [0.5, 0.6) is 0 Å². The molecule has 148 valence electrons. The SMILES string of the molecule is CCC1NC(=O)C(CCC(=O)SCC[NH-])NC1=O.CNCCNC=O.[Ce]. The molecule has 3 amide bonds. The second kappa shape index (κ2) is 18.1. The zero-order chi connectivity index (χ0) is 19.1. The number of thioether (sulfide) groups is 1. The molecule has 1 fully saturated rings. The molecule has 0 aromatic rings. The van der Waals surface area contributed by atoms with Gasteiger partial charge in [-0.25, -0.2) is 0 Å². The number of rotatable bonds is 10. The van der Waals surface area contributed by atoms with Crippen molar-refractivity contribution < 1.29 is 60.9 Å². The van der Waals surface area contributed by atoms with Crippen LogP contribution >= 0.6 is 11.8 Å². The van der Waals surface area contributed by atoms with Crippen LogP contribution < -0.4 is 21.3 Å². The van der Waals surface area contributed by atoms with Crippen LogP contribution in [-0.4, -0.2) is 67.9 Å². The Bertz CT molecular complexity index is 442. The van der Waals surface area contributed by atoms with Crippen LogP contribution in [0.1, 0.15) is 26.2 Å². The first-order chi connectivity index (χ1) is 12.0. The number of hydrogen-bond acceptors (Lipinski definition) is 6. The smallest absolute Gasteiger partial charge is 0.243 e. The summed E-state index contributed by atoms with van der Waals surface area (Å²) in [7, 11) is 1.84. The van der Waals surface area contributed by atoms with Gasteiger partial charge in [0, 0.05) is 61.3 Å². The first-order valence-electron chi connectivity index (χ1n) is 8.22. The van der Waals surface area contributed by atoms with Crippen LogP contribution in [0.25, 0.3) is 5.73 Å². The molecule has 1 rings (SSSR count). The topological polar surface area (TPSA) is 140 Å². The standard InChI is InChI=1S/C11H18N3O3S.C4H10N2O.Ce/c1-2-7-10(16)14-8(11(17)13-7)3-4-9(15)18-6-5-12;1-5-2-3-6-4-7;/h7-8,12H,2-6H2,1H3,(H,13,17)(H,14,16);4-5H,2-3H2,1H3,(H,6,7);/q-1;;. The minimum absolute atomic E-state index is 0. The number of nitrogens with one attached hydrogen (secondary N) is 5.